The molecule has 1 aromatic heterocycles. The van der Waals surface area contributed by atoms with Gasteiger partial charge in [-0.25, -0.2) is 0 Å². The average Bonchev–Trinajstić information content (AvgIpc) is 2.06. The Morgan fingerprint density at radius 3 is 3.00 bits per heavy atom. The molecule has 0 unspecified atom stereocenters. The summed E-state index contributed by atoms with van der Waals surface area (Å²) in [7, 11) is 1.77. The molecule has 0 saturated heterocycles. The third-order valence-corrected chi connectivity index (χ3v) is 1.30. The van der Waals surface area contributed by atoms with E-state index in [9.17, 15) is 4.79 Å². The number of nitrogens with one attached hydrogen (secondary N) is 2. The fraction of sp³-hybridized carbons (Fsp3) is 0.143. The van der Waals surface area contributed by atoms with Gasteiger partial charge in [0.2, 0.25) is 6.41 Å². The minimum Gasteiger partial charge on any atom is -0.385 e. The van der Waals surface area contributed by atoms with Crippen LogP contribution >= 0.6 is 0 Å². The summed E-state index contributed by atoms with van der Waals surface area (Å²) in [6.45, 7) is 0. The van der Waals surface area contributed by atoms with E-state index in [1.54, 1.807) is 25.5 Å². The lowest BCUT2D eigenvalue weighted by Gasteiger charge is -2.04. The van der Waals surface area contributed by atoms with Crippen molar-refractivity contribution in [1.29, 1.82) is 0 Å². The van der Waals surface area contributed by atoms with Crippen LogP contribution in [0.3, 0.4) is 0 Å². The lowest BCUT2D eigenvalue weighted by atomic mass is 10.3. The Morgan fingerprint density at radius 2 is 2.36 bits per heavy atom. The summed E-state index contributed by atoms with van der Waals surface area (Å²) in [5.41, 5.74) is 1.54. The number of carbonyl (C=O) groups excluding carboxylic acids is 1. The third-order valence-electron chi connectivity index (χ3n) is 1.30. The second kappa shape index (κ2) is 3.55. The van der Waals surface area contributed by atoms with Crippen LogP contribution in [0.1, 0.15) is 0 Å². The quantitative estimate of drug-likeness (QED) is 0.625. The fourth-order valence-corrected chi connectivity index (χ4v) is 0.783. The van der Waals surface area contributed by atoms with E-state index in [0.29, 0.717) is 6.41 Å². The maximum atomic E-state index is 10.1. The summed E-state index contributed by atoms with van der Waals surface area (Å²) < 4.78 is 0. The van der Waals surface area contributed by atoms with Crippen LogP contribution in [0, 0.1) is 0 Å². The summed E-state index contributed by atoms with van der Waals surface area (Å²) in [4.78, 5) is 14.0. The molecule has 0 radical (unpaired) electrons. The lowest BCUT2D eigenvalue weighted by Crippen LogP contribution is -1.99. The smallest absolute Gasteiger partial charge is 0.211 e. The summed E-state index contributed by atoms with van der Waals surface area (Å²) in [5.74, 6) is 0. The van der Waals surface area contributed by atoms with Crippen LogP contribution < -0.4 is 10.6 Å². The number of pyridine rings is 1. The van der Waals surface area contributed by atoms with Gasteiger partial charge in [0, 0.05) is 13.2 Å². The predicted molar refractivity (Wildman–Crippen MR) is 43.5 cm³/mol. The second-order valence-electron chi connectivity index (χ2n) is 1.93. The van der Waals surface area contributed by atoms with Crippen molar-refractivity contribution >= 4 is 17.8 Å². The number of anilines is 2. The zero-order valence-corrected chi connectivity index (χ0v) is 6.16. The number of amides is 1. The van der Waals surface area contributed by atoms with E-state index in [4.69, 9.17) is 0 Å². The standard InChI is InChI=1S/C7H9N3O/c1-8-7-4-9-3-2-6(7)10-5-11/h2-5,8H,1H3,(H,9,10,11). The largest absolute Gasteiger partial charge is 0.385 e. The van der Waals surface area contributed by atoms with Crippen LogP contribution in [0.5, 0.6) is 0 Å². The Balaban J connectivity index is 2.92. The molecule has 2 N–H and O–H groups in total. The summed E-state index contributed by atoms with van der Waals surface area (Å²) >= 11 is 0. The second-order valence-corrected chi connectivity index (χ2v) is 1.93. The van der Waals surface area contributed by atoms with E-state index in [0.717, 1.165) is 11.4 Å². The number of carbonyl (C=O) groups is 1. The van der Waals surface area contributed by atoms with Gasteiger partial charge in [-0.05, 0) is 6.07 Å². The third kappa shape index (κ3) is 1.67. The first kappa shape index (κ1) is 7.53. The molecule has 0 aromatic carbocycles. The average molecular weight is 151 g/mol. The number of aromatic nitrogens is 1. The number of hydrogen-bond acceptors (Lipinski definition) is 3. The fourth-order valence-electron chi connectivity index (χ4n) is 0.783. The van der Waals surface area contributed by atoms with E-state index in [1.165, 1.54) is 0 Å². The van der Waals surface area contributed by atoms with Crippen molar-refractivity contribution in [2.75, 3.05) is 17.7 Å². The molecule has 1 aromatic rings. The Hall–Kier alpha value is -1.58. The van der Waals surface area contributed by atoms with Crippen molar-refractivity contribution in [2.24, 2.45) is 0 Å². The predicted octanol–water partition coefficient (Wildman–Crippen LogP) is 0.692. The van der Waals surface area contributed by atoms with Gasteiger partial charge in [-0.1, -0.05) is 0 Å². The molecule has 4 nitrogen and oxygen atoms in total. The molecule has 0 aliphatic carbocycles. The summed E-state index contributed by atoms with van der Waals surface area (Å²) in [5, 5.41) is 5.44. The van der Waals surface area contributed by atoms with Crippen LogP contribution in [0.15, 0.2) is 18.5 Å². The van der Waals surface area contributed by atoms with Crippen molar-refractivity contribution in [3.8, 4) is 0 Å². The molecular formula is C7H9N3O. The number of hydrogen-bond donors (Lipinski definition) is 2. The van der Waals surface area contributed by atoms with Crippen LogP contribution in [0.2, 0.25) is 0 Å². The van der Waals surface area contributed by atoms with Gasteiger partial charge in [0.25, 0.3) is 0 Å². The highest BCUT2D eigenvalue weighted by atomic mass is 16.1. The minimum atomic E-state index is 0.635. The van der Waals surface area contributed by atoms with E-state index in [2.05, 4.69) is 15.6 Å². The van der Waals surface area contributed by atoms with Crippen LogP contribution in [0.4, 0.5) is 11.4 Å². The Bertz CT molecular complexity index is 249. The first-order valence-corrected chi connectivity index (χ1v) is 3.20. The molecule has 0 bridgehead atoms. The molecule has 0 atom stereocenters. The van der Waals surface area contributed by atoms with Crippen molar-refractivity contribution in [3.63, 3.8) is 0 Å². The molecule has 0 aliphatic heterocycles. The Labute approximate surface area is 64.6 Å². The van der Waals surface area contributed by atoms with Gasteiger partial charge < -0.3 is 10.6 Å². The Morgan fingerprint density at radius 1 is 1.55 bits per heavy atom. The molecular weight excluding hydrogens is 142 g/mol. The lowest BCUT2D eigenvalue weighted by molar-refractivity contribution is -0.105. The highest BCUT2D eigenvalue weighted by Gasteiger charge is 1.96. The molecule has 1 amide bonds. The molecule has 0 aliphatic rings. The van der Waals surface area contributed by atoms with Crippen LogP contribution in [-0.4, -0.2) is 18.4 Å². The van der Waals surface area contributed by atoms with Crippen molar-refractivity contribution in [3.05, 3.63) is 18.5 Å². The molecule has 58 valence electrons. The molecule has 1 heterocycles. The van der Waals surface area contributed by atoms with Gasteiger partial charge in [0.05, 0.1) is 17.6 Å². The number of nitrogens with zero attached hydrogens (tertiary/aromatic N) is 1. The molecule has 1 rings (SSSR count). The molecule has 0 fully saturated rings. The maximum absolute atomic E-state index is 10.1. The van der Waals surface area contributed by atoms with Crippen LogP contribution in [-0.2, 0) is 4.79 Å². The highest BCUT2D eigenvalue weighted by molar-refractivity contribution is 5.79. The zero-order valence-electron chi connectivity index (χ0n) is 6.16. The first-order chi connectivity index (χ1) is 5.38. The summed E-state index contributed by atoms with van der Waals surface area (Å²) in [6, 6.07) is 1.72. The van der Waals surface area contributed by atoms with Gasteiger partial charge >= 0.3 is 0 Å². The monoisotopic (exact) mass is 151 g/mol. The van der Waals surface area contributed by atoms with Gasteiger partial charge in [-0.2, -0.15) is 0 Å². The zero-order chi connectivity index (χ0) is 8.10. The van der Waals surface area contributed by atoms with E-state index >= 15 is 0 Å². The first-order valence-electron chi connectivity index (χ1n) is 3.20. The van der Waals surface area contributed by atoms with Crippen molar-refractivity contribution < 1.29 is 4.79 Å². The minimum absolute atomic E-state index is 0.635. The molecule has 11 heavy (non-hydrogen) atoms. The van der Waals surface area contributed by atoms with Gasteiger partial charge in [0.15, 0.2) is 0 Å². The topological polar surface area (TPSA) is 54.0 Å². The van der Waals surface area contributed by atoms with Gasteiger partial charge in [-0.3, -0.25) is 9.78 Å². The van der Waals surface area contributed by atoms with E-state index in [-0.39, 0.29) is 0 Å². The van der Waals surface area contributed by atoms with Crippen molar-refractivity contribution in [1.82, 2.24) is 4.98 Å². The van der Waals surface area contributed by atoms with E-state index < -0.39 is 0 Å². The molecule has 0 spiro atoms. The van der Waals surface area contributed by atoms with Gasteiger partial charge in [0.1, 0.15) is 0 Å². The van der Waals surface area contributed by atoms with E-state index in [1.807, 2.05) is 0 Å². The molecule has 0 saturated carbocycles. The Kier molecular flexibility index (Phi) is 2.43. The van der Waals surface area contributed by atoms with Crippen LogP contribution in [0.25, 0.3) is 0 Å². The maximum Gasteiger partial charge on any atom is 0.211 e. The molecule has 4 heteroatoms. The summed E-state index contributed by atoms with van der Waals surface area (Å²) in [6.07, 6.45) is 3.90. The SMILES string of the molecule is CNc1cnccc1NC=O. The highest BCUT2D eigenvalue weighted by Crippen LogP contribution is 2.17. The number of rotatable bonds is 3. The van der Waals surface area contributed by atoms with Crippen molar-refractivity contribution in [2.45, 2.75) is 0 Å². The normalized spacial score (nSPS) is 8.82. The van der Waals surface area contributed by atoms with Gasteiger partial charge in [-0.15, -0.1) is 0 Å².